The number of hydrogen-bond acceptors (Lipinski definition) is 2. The maximum atomic E-state index is 13.3. The summed E-state index contributed by atoms with van der Waals surface area (Å²) in [5.41, 5.74) is 0. The van der Waals surface area contributed by atoms with Crippen molar-refractivity contribution in [1.82, 2.24) is 0 Å². The lowest BCUT2D eigenvalue weighted by molar-refractivity contribution is 0.490. The molecule has 2 aromatic rings. The Kier molecular flexibility index (Phi) is 4.89. The van der Waals surface area contributed by atoms with Gasteiger partial charge in [0.05, 0.1) is 0 Å². The maximum Gasteiger partial charge on any atom is 0.328 e. The molecule has 2 aromatic carbocycles. The molecule has 3 rings (SSSR count). The second-order valence-electron chi connectivity index (χ2n) is 5.65. The van der Waals surface area contributed by atoms with Gasteiger partial charge in [0.1, 0.15) is 5.25 Å². The zero-order chi connectivity index (χ0) is 15.4. The van der Waals surface area contributed by atoms with E-state index in [2.05, 4.69) is 0 Å². The van der Waals surface area contributed by atoms with E-state index in [0.29, 0.717) is 0 Å². The Morgan fingerprint density at radius 1 is 0.727 bits per heavy atom. The van der Waals surface area contributed by atoms with Crippen LogP contribution in [0.1, 0.15) is 32.1 Å². The molecule has 0 aliphatic heterocycles. The van der Waals surface area contributed by atoms with Crippen LogP contribution in [0.25, 0.3) is 0 Å². The fraction of sp³-hybridized carbons (Fsp3) is 0.333. The Morgan fingerprint density at radius 2 is 1.18 bits per heavy atom. The van der Waals surface area contributed by atoms with Gasteiger partial charge in [-0.2, -0.15) is 8.42 Å². The molecule has 0 aromatic heterocycles. The van der Waals surface area contributed by atoms with Gasteiger partial charge in [0.2, 0.25) is 0 Å². The van der Waals surface area contributed by atoms with Crippen LogP contribution in [0.4, 0.5) is 0 Å². The van der Waals surface area contributed by atoms with Crippen LogP contribution in [0, 0.1) is 0 Å². The molecular weight excluding hydrogens is 312 g/mol. The molecule has 1 saturated carbocycles. The van der Waals surface area contributed by atoms with Gasteiger partial charge in [0.25, 0.3) is 0 Å². The molecule has 0 spiro atoms. The van der Waals surface area contributed by atoms with E-state index in [9.17, 15) is 8.42 Å². The van der Waals surface area contributed by atoms with Gasteiger partial charge in [-0.1, -0.05) is 55.7 Å². The lowest BCUT2D eigenvalue weighted by Crippen LogP contribution is -2.31. The van der Waals surface area contributed by atoms with Gasteiger partial charge in [-0.15, -0.1) is 0 Å². The van der Waals surface area contributed by atoms with E-state index in [1.54, 1.807) is 0 Å². The minimum absolute atomic E-state index is 0.190. The molecule has 0 N–H and O–H groups in total. The van der Waals surface area contributed by atoms with E-state index in [0.717, 1.165) is 41.9 Å². The first-order valence-corrected chi connectivity index (χ1v) is 11.1. The minimum atomic E-state index is -3.20. The largest absolute Gasteiger partial charge is 0.328 e. The van der Waals surface area contributed by atoms with Gasteiger partial charge in [0, 0.05) is 0 Å². The molecule has 0 unspecified atom stereocenters. The van der Waals surface area contributed by atoms with Crippen LogP contribution in [0.5, 0.6) is 0 Å². The first kappa shape index (κ1) is 15.6. The van der Waals surface area contributed by atoms with Gasteiger partial charge >= 0.3 is 8.87 Å². The highest BCUT2D eigenvalue weighted by Crippen LogP contribution is 2.36. The van der Waals surface area contributed by atoms with Crippen molar-refractivity contribution in [3.63, 3.8) is 0 Å². The van der Waals surface area contributed by atoms with E-state index in [1.165, 1.54) is 0 Å². The SMILES string of the molecule is O=S(=O)(C1CCCCC1)[S+](c1ccccc1)c1ccccc1. The summed E-state index contributed by atoms with van der Waals surface area (Å²) in [6.45, 7) is 0. The van der Waals surface area contributed by atoms with Crippen molar-refractivity contribution in [1.29, 1.82) is 0 Å². The van der Waals surface area contributed by atoms with Gasteiger partial charge in [-0.3, -0.25) is 0 Å². The van der Waals surface area contributed by atoms with E-state index >= 15 is 0 Å². The lowest BCUT2D eigenvalue weighted by atomic mass is 10.0. The van der Waals surface area contributed by atoms with Gasteiger partial charge in [-0.05, 0) is 37.1 Å². The predicted octanol–water partition coefficient (Wildman–Crippen LogP) is 4.39. The van der Waals surface area contributed by atoms with E-state index in [-0.39, 0.29) is 5.25 Å². The zero-order valence-corrected chi connectivity index (χ0v) is 14.2. The highest BCUT2D eigenvalue weighted by molar-refractivity contribution is 8.69. The summed E-state index contributed by atoms with van der Waals surface area (Å²) in [6, 6.07) is 19.3. The molecule has 2 nitrogen and oxygen atoms in total. The topological polar surface area (TPSA) is 34.1 Å². The van der Waals surface area contributed by atoms with Crippen LogP contribution in [0.15, 0.2) is 70.5 Å². The first-order chi connectivity index (χ1) is 10.7. The molecule has 22 heavy (non-hydrogen) atoms. The molecule has 4 heteroatoms. The normalized spacial score (nSPS) is 16.8. The minimum Gasteiger partial charge on any atom is -0.177 e. The summed E-state index contributed by atoms with van der Waals surface area (Å²) < 4.78 is 26.6. The summed E-state index contributed by atoms with van der Waals surface area (Å²) in [6.07, 6.45) is 4.85. The van der Waals surface area contributed by atoms with Crippen molar-refractivity contribution in [3.05, 3.63) is 60.7 Å². The fourth-order valence-electron chi connectivity index (χ4n) is 2.98. The quantitative estimate of drug-likeness (QED) is 0.614. The predicted molar refractivity (Wildman–Crippen MR) is 92.6 cm³/mol. The average Bonchev–Trinajstić information content (AvgIpc) is 2.58. The lowest BCUT2D eigenvalue weighted by Gasteiger charge is -2.21. The standard InChI is InChI=1S/C18H21O2S2/c19-22(20,18-14-8-3-9-15-18)21(16-10-4-1-5-11-16)17-12-6-2-7-13-17/h1-2,4-7,10-13,18H,3,8-9,14-15H2/q+1. The molecule has 116 valence electrons. The van der Waals surface area contributed by atoms with Crippen LogP contribution in [-0.4, -0.2) is 13.7 Å². The van der Waals surface area contributed by atoms with Crippen molar-refractivity contribution in [2.45, 2.75) is 47.1 Å². The van der Waals surface area contributed by atoms with Gasteiger partial charge in [-0.25, -0.2) is 0 Å². The number of rotatable bonds is 4. The Morgan fingerprint density at radius 3 is 1.64 bits per heavy atom. The zero-order valence-electron chi connectivity index (χ0n) is 12.5. The summed E-state index contributed by atoms with van der Waals surface area (Å²) in [4.78, 5) is 1.80. The molecule has 0 amide bonds. The summed E-state index contributed by atoms with van der Waals surface area (Å²) in [5.74, 6) is 0. The van der Waals surface area contributed by atoms with Crippen molar-refractivity contribution >= 4 is 18.8 Å². The average molecular weight is 333 g/mol. The van der Waals surface area contributed by atoms with Crippen LogP contribution in [-0.2, 0) is 18.8 Å². The Hall–Kier alpha value is -1.26. The molecule has 0 heterocycles. The maximum absolute atomic E-state index is 13.3. The van der Waals surface area contributed by atoms with Crippen LogP contribution >= 0.6 is 0 Å². The number of benzene rings is 2. The summed E-state index contributed by atoms with van der Waals surface area (Å²) in [5, 5.41) is -0.190. The third-order valence-electron chi connectivity index (χ3n) is 4.11. The molecule has 1 aliphatic carbocycles. The van der Waals surface area contributed by atoms with E-state index < -0.39 is 18.8 Å². The third kappa shape index (κ3) is 3.23. The molecule has 0 radical (unpaired) electrons. The molecule has 0 atom stereocenters. The Labute approximate surface area is 135 Å². The highest BCUT2D eigenvalue weighted by Gasteiger charge is 2.46. The monoisotopic (exact) mass is 333 g/mol. The summed E-state index contributed by atoms with van der Waals surface area (Å²) >= 11 is 0. The molecule has 0 bridgehead atoms. The smallest absolute Gasteiger partial charge is 0.177 e. The van der Waals surface area contributed by atoms with Crippen molar-refractivity contribution in [2.24, 2.45) is 0 Å². The van der Waals surface area contributed by atoms with Crippen LogP contribution in [0.3, 0.4) is 0 Å². The second-order valence-corrected chi connectivity index (χ2v) is 11.2. The van der Waals surface area contributed by atoms with Gasteiger partial charge in [0.15, 0.2) is 19.7 Å². The van der Waals surface area contributed by atoms with Crippen LogP contribution in [0.2, 0.25) is 0 Å². The molecule has 0 saturated heterocycles. The molecular formula is C18H21O2S2+. The van der Waals surface area contributed by atoms with Crippen molar-refractivity contribution < 1.29 is 8.42 Å². The second kappa shape index (κ2) is 6.88. The summed E-state index contributed by atoms with van der Waals surface area (Å²) in [7, 11) is -4.09. The van der Waals surface area contributed by atoms with Crippen molar-refractivity contribution in [2.75, 3.05) is 0 Å². The van der Waals surface area contributed by atoms with Gasteiger partial charge < -0.3 is 0 Å². The first-order valence-electron chi connectivity index (χ1n) is 7.78. The van der Waals surface area contributed by atoms with E-state index in [1.807, 2.05) is 60.7 Å². The molecule has 1 fully saturated rings. The Balaban J connectivity index is 2.05. The Bertz CT molecular complexity index is 651. The molecule has 1 aliphatic rings. The number of hydrogen-bond donors (Lipinski definition) is 0. The van der Waals surface area contributed by atoms with Crippen LogP contribution < -0.4 is 0 Å². The highest BCUT2D eigenvalue weighted by atomic mass is 33.2. The third-order valence-corrected chi connectivity index (χ3v) is 10.6. The fourth-order valence-corrected chi connectivity index (χ4v) is 9.45. The van der Waals surface area contributed by atoms with Crippen molar-refractivity contribution in [3.8, 4) is 0 Å². The van der Waals surface area contributed by atoms with E-state index in [4.69, 9.17) is 0 Å².